The SMILES string of the molecule is N#CN1CC=C(B(O)O)CC1. The predicted octanol–water partition coefficient (Wildman–Crippen LogP) is -0.888. The molecule has 0 amide bonds. The summed E-state index contributed by atoms with van der Waals surface area (Å²) in [4.78, 5) is 1.56. The first-order valence-corrected chi connectivity index (χ1v) is 3.44. The van der Waals surface area contributed by atoms with Crippen molar-refractivity contribution in [1.82, 2.24) is 4.90 Å². The maximum atomic E-state index is 8.72. The summed E-state index contributed by atoms with van der Waals surface area (Å²) in [6, 6.07) is 0. The van der Waals surface area contributed by atoms with Crippen LogP contribution in [0.5, 0.6) is 0 Å². The van der Waals surface area contributed by atoms with E-state index in [9.17, 15) is 0 Å². The lowest BCUT2D eigenvalue weighted by Gasteiger charge is -2.20. The highest BCUT2D eigenvalue weighted by Crippen LogP contribution is 2.09. The minimum absolute atomic E-state index is 0.490. The van der Waals surface area contributed by atoms with E-state index in [4.69, 9.17) is 15.3 Å². The van der Waals surface area contributed by atoms with Gasteiger partial charge in [-0.15, -0.1) is 0 Å². The summed E-state index contributed by atoms with van der Waals surface area (Å²) in [7, 11) is -1.35. The maximum absolute atomic E-state index is 8.72. The Hall–Kier alpha value is -0.985. The van der Waals surface area contributed by atoms with Crippen molar-refractivity contribution >= 4 is 7.12 Å². The van der Waals surface area contributed by atoms with E-state index in [1.54, 1.807) is 11.0 Å². The highest BCUT2D eigenvalue weighted by molar-refractivity contribution is 6.50. The van der Waals surface area contributed by atoms with Gasteiger partial charge in [0.1, 0.15) is 0 Å². The van der Waals surface area contributed by atoms with Crippen LogP contribution in [0.4, 0.5) is 0 Å². The number of hydrogen-bond acceptors (Lipinski definition) is 4. The summed E-state index contributed by atoms with van der Waals surface area (Å²) in [5.41, 5.74) is 0.608. The van der Waals surface area contributed by atoms with E-state index in [0.717, 1.165) is 0 Å². The van der Waals surface area contributed by atoms with Crippen LogP contribution in [0.15, 0.2) is 11.5 Å². The molecule has 2 N–H and O–H groups in total. The average molecular weight is 152 g/mol. The van der Waals surface area contributed by atoms with Crippen molar-refractivity contribution in [3.8, 4) is 6.19 Å². The highest BCUT2D eigenvalue weighted by atomic mass is 16.4. The number of nitriles is 1. The molecular weight excluding hydrogens is 143 g/mol. The second kappa shape index (κ2) is 3.42. The van der Waals surface area contributed by atoms with E-state index in [1.165, 1.54) is 0 Å². The van der Waals surface area contributed by atoms with Crippen molar-refractivity contribution < 1.29 is 10.0 Å². The normalized spacial score (nSPS) is 17.2. The smallest absolute Gasteiger partial charge is 0.423 e. The zero-order valence-electron chi connectivity index (χ0n) is 6.06. The van der Waals surface area contributed by atoms with E-state index in [-0.39, 0.29) is 0 Å². The molecule has 0 aromatic heterocycles. The van der Waals surface area contributed by atoms with Gasteiger partial charge in [0.2, 0.25) is 0 Å². The fourth-order valence-electron chi connectivity index (χ4n) is 1.01. The summed E-state index contributed by atoms with van der Waals surface area (Å²) >= 11 is 0. The molecule has 1 rings (SSSR count). The molecule has 0 saturated carbocycles. The topological polar surface area (TPSA) is 67.5 Å². The fraction of sp³-hybridized carbons (Fsp3) is 0.500. The largest absolute Gasteiger partial charge is 0.483 e. The van der Waals surface area contributed by atoms with E-state index in [2.05, 4.69) is 0 Å². The lowest BCUT2D eigenvalue weighted by molar-refractivity contribution is 0.390. The van der Waals surface area contributed by atoms with Crippen molar-refractivity contribution in [2.45, 2.75) is 6.42 Å². The number of rotatable bonds is 1. The summed E-state index contributed by atoms with van der Waals surface area (Å²) in [6.07, 6.45) is 4.23. The van der Waals surface area contributed by atoms with Gasteiger partial charge in [-0.25, -0.2) is 0 Å². The first-order chi connectivity index (χ1) is 5.24. The van der Waals surface area contributed by atoms with Crippen LogP contribution < -0.4 is 0 Å². The fourth-order valence-corrected chi connectivity index (χ4v) is 1.01. The monoisotopic (exact) mass is 152 g/mol. The molecule has 11 heavy (non-hydrogen) atoms. The molecule has 0 unspecified atom stereocenters. The minimum atomic E-state index is -1.35. The van der Waals surface area contributed by atoms with Gasteiger partial charge in [0, 0.05) is 13.1 Å². The number of hydrogen-bond donors (Lipinski definition) is 2. The van der Waals surface area contributed by atoms with Gasteiger partial charge in [-0.05, 0) is 11.9 Å². The molecule has 0 bridgehead atoms. The van der Waals surface area contributed by atoms with Gasteiger partial charge in [-0.1, -0.05) is 6.08 Å². The van der Waals surface area contributed by atoms with Gasteiger partial charge >= 0.3 is 7.12 Å². The molecule has 1 heterocycles. The van der Waals surface area contributed by atoms with Crippen LogP contribution in [0.1, 0.15) is 6.42 Å². The highest BCUT2D eigenvalue weighted by Gasteiger charge is 2.18. The van der Waals surface area contributed by atoms with E-state index in [0.29, 0.717) is 25.0 Å². The molecule has 0 atom stereocenters. The lowest BCUT2D eigenvalue weighted by Crippen LogP contribution is -2.29. The summed E-state index contributed by atoms with van der Waals surface area (Å²) in [5.74, 6) is 0. The third kappa shape index (κ3) is 1.97. The zero-order chi connectivity index (χ0) is 8.27. The van der Waals surface area contributed by atoms with Crippen LogP contribution in [0.25, 0.3) is 0 Å². The Kier molecular flexibility index (Phi) is 2.52. The molecule has 1 aliphatic rings. The first kappa shape index (κ1) is 8.11. The predicted molar refractivity (Wildman–Crippen MR) is 40.1 cm³/mol. The molecule has 58 valence electrons. The number of nitrogens with zero attached hydrogens (tertiary/aromatic N) is 2. The van der Waals surface area contributed by atoms with Crippen molar-refractivity contribution in [1.29, 1.82) is 5.26 Å². The summed E-state index contributed by atoms with van der Waals surface area (Å²) in [6.45, 7) is 1.07. The molecule has 4 nitrogen and oxygen atoms in total. The quantitative estimate of drug-likeness (QED) is 0.377. The van der Waals surface area contributed by atoms with E-state index in [1.807, 2.05) is 6.19 Å². The Labute approximate surface area is 65.5 Å². The average Bonchev–Trinajstić information content (AvgIpc) is 2.05. The Morgan fingerprint density at radius 2 is 2.36 bits per heavy atom. The standard InChI is InChI=1S/C6H9BN2O2/c8-5-9-3-1-6(2-4-9)7(10)11/h1,10-11H,2-4H2. The molecule has 1 aliphatic heterocycles. The maximum Gasteiger partial charge on any atom is 0.483 e. The van der Waals surface area contributed by atoms with Crippen molar-refractivity contribution in [3.05, 3.63) is 11.5 Å². The van der Waals surface area contributed by atoms with Gasteiger partial charge in [0.05, 0.1) is 0 Å². The molecule has 5 heteroatoms. The van der Waals surface area contributed by atoms with Gasteiger partial charge < -0.3 is 14.9 Å². The molecule has 0 saturated heterocycles. The van der Waals surface area contributed by atoms with Crippen molar-refractivity contribution in [2.75, 3.05) is 13.1 Å². The third-order valence-electron chi connectivity index (χ3n) is 1.72. The Bertz CT molecular complexity index is 209. The Balaban J connectivity index is 2.52. The molecule has 0 aromatic rings. The first-order valence-electron chi connectivity index (χ1n) is 3.44. The summed E-state index contributed by atoms with van der Waals surface area (Å²) in [5, 5.41) is 25.9. The van der Waals surface area contributed by atoms with Crippen LogP contribution in [0.3, 0.4) is 0 Å². The summed E-state index contributed by atoms with van der Waals surface area (Å²) < 4.78 is 0. The minimum Gasteiger partial charge on any atom is -0.423 e. The second-order valence-corrected chi connectivity index (χ2v) is 2.45. The Morgan fingerprint density at radius 1 is 1.64 bits per heavy atom. The van der Waals surface area contributed by atoms with Crippen LogP contribution in [0.2, 0.25) is 0 Å². The van der Waals surface area contributed by atoms with E-state index >= 15 is 0 Å². The van der Waals surface area contributed by atoms with Gasteiger partial charge in [-0.3, -0.25) is 0 Å². The third-order valence-corrected chi connectivity index (χ3v) is 1.72. The van der Waals surface area contributed by atoms with Gasteiger partial charge in [0.15, 0.2) is 6.19 Å². The van der Waals surface area contributed by atoms with Crippen LogP contribution in [-0.2, 0) is 0 Å². The Morgan fingerprint density at radius 3 is 2.73 bits per heavy atom. The van der Waals surface area contributed by atoms with Crippen LogP contribution in [0, 0.1) is 11.5 Å². The van der Waals surface area contributed by atoms with Gasteiger partial charge in [-0.2, -0.15) is 5.26 Å². The molecular formula is C6H9BN2O2. The molecule has 0 aliphatic carbocycles. The zero-order valence-corrected chi connectivity index (χ0v) is 6.06. The van der Waals surface area contributed by atoms with Crippen LogP contribution >= 0.6 is 0 Å². The van der Waals surface area contributed by atoms with E-state index < -0.39 is 7.12 Å². The molecule has 0 radical (unpaired) electrons. The molecule has 0 aromatic carbocycles. The van der Waals surface area contributed by atoms with Crippen LogP contribution in [-0.4, -0.2) is 35.2 Å². The lowest BCUT2D eigenvalue weighted by atomic mass is 9.76. The second-order valence-electron chi connectivity index (χ2n) is 2.45. The molecule has 0 fully saturated rings. The van der Waals surface area contributed by atoms with Crippen molar-refractivity contribution in [3.63, 3.8) is 0 Å². The molecule has 0 spiro atoms. The van der Waals surface area contributed by atoms with Crippen molar-refractivity contribution in [2.24, 2.45) is 0 Å². The van der Waals surface area contributed by atoms with Gasteiger partial charge in [0.25, 0.3) is 0 Å².